The predicted octanol–water partition coefficient (Wildman–Crippen LogP) is 3.73. The molecule has 1 heterocycles. The average molecular weight is 252 g/mol. The summed E-state index contributed by atoms with van der Waals surface area (Å²) in [5.41, 5.74) is 3.60. The zero-order valence-electron chi connectivity index (χ0n) is 10.2. The Labute approximate surface area is 110 Å². The van der Waals surface area contributed by atoms with Gasteiger partial charge in [0.25, 0.3) is 0 Å². The van der Waals surface area contributed by atoms with Crippen LogP contribution in [-0.2, 0) is 11.2 Å². The Morgan fingerprint density at radius 2 is 1.84 bits per heavy atom. The summed E-state index contributed by atoms with van der Waals surface area (Å²) in [5.74, 6) is -0.852. The molecule has 3 heteroatoms. The molecule has 2 aromatic carbocycles. The van der Waals surface area contributed by atoms with Gasteiger partial charge in [-0.1, -0.05) is 42.5 Å². The summed E-state index contributed by atoms with van der Waals surface area (Å²) in [6, 6.07) is 15.8. The van der Waals surface area contributed by atoms with Crippen molar-refractivity contribution in [2.24, 2.45) is 0 Å². The molecule has 0 aliphatic carbocycles. The first-order chi connectivity index (χ1) is 9.24. The molecule has 0 radical (unpaired) electrons. The third-order valence-corrected chi connectivity index (χ3v) is 3.10. The van der Waals surface area contributed by atoms with E-state index in [1.165, 1.54) is 6.26 Å². The predicted molar refractivity (Wildman–Crippen MR) is 73.0 cm³/mol. The minimum Gasteiger partial charge on any atom is -0.481 e. The highest BCUT2D eigenvalue weighted by Gasteiger charge is 2.10. The van der Waals surface area contributed by atoms with Crippen LogP contribution in [0.3, 0.4) is 0 Å². The van der Waals surface area contributed by atoms with Crippen molar-refractivity contribution in [1.82, 2.24) is 0 Å². The maximum Gasteiger partial charge on any atom is 0.307 e. The van der Waals surface area contributed by atoms with Gasteiger partial charge in [0.2, 0.25) is 0 Å². The smallest absolute Gasteiger partial charge is 0.307 e. The molecule has 3 nitrogen and oxygen atoms in total. The second kappa shape index (κ2) is 4.61. The van der Waals surface area contributed by atoms with Gasteiger partial charge in [-0.2, -0.15) is 0 Å². The first kappa shape index (κ1) is 11.5. The van der Waals surface area contributed by atoms with Gasteiger partial charge >= 0.3 is 5.97 Å². The van der Waals surface area contributed by atoms with E-state index >= 15 is 0 Å². The molecule has 94 valence electrons. The van der Waals surface area contributed by atoms with Crippen LogP contribution in [0, 0.1) is 0 Å². The molecule has 0 aliphatic rings. The van der Waals surface area contributed by atoms with E-state index in [4.69, 9.17) is 9.52 Å². The van der Waals surface area contributed by atoms with E-state index in [0.29, 0.717) is 5.56 Å². The van der Waals surface area contributed by atoms with Crippen molar-refractivity contribution >= 4 is 16.9 Å². The number of benzene rings is 2. The molecule has 1 N–H and O–H groups in total. The van der Waals surface area contributed by atoms with Gasteiger partial charge < -0.3 is 9.52 Å². The minimum absolute atomic E-state index is 0.0162. The Kier molecular flexibility index (Phi) is 2.80. The third-order valence-electron chi connectivity index (χ3n) is 3.10. The second-order valence-electron chi connectivity index (χ2n) is 4.41. The third kappa shape index (κ3) is 2.22. The lowest BCUT2D eigenvalue weighted by Gasteiger charge is -2.01. The molecular weight excluding hydrogens is 240 g/mol. The zero-order chi connectivity index (χ0) is 13.2. The van der Waals surface area contributed by atoms with Gasteiger partial charge in [0.1, 0.15) is 5.58 Å². The summed E-state index contributed by atoms with van der Waals surface area (Å²) in [6.07, 6.45) is 1.51. The normalized spacial score (nSPS) is 10.7. The summed E-state index contributed by atoms with van der Waals surface area (Å²) in [6.45, 7) is 0. The van der Waals surface area contributed by atoms with Crippen molar-refractivity contribution in [2.75, 3.05) is 0 Å². The second-order valence-corrected chi connectivity index (χ2v) is 4.41. The van der Waals surface area contributed by atoms with Crippen molar-refractivity contribution in [3.63, 3.8) is 0 Å². The standard InChI is InChI=1S/C16H12O3/c17-16(18)9-13-10-19-15-8-12(6-7-14(13)15)11-4-2-1-3-5-11/h1-8,10H,9H2,(H,17,18). The monoisotopic (exact) mass is 252 g/mol. The number of rotatable bonds is 3. The van der Waals surface area contributed by atoms with Crippen LogP contribution in [0.25, 0.3) is 22.1 Å². The molecule has 0 bridgehead atoms. The largest absolute Gasteiger partial charge is 0.481 e. The fourth-order valence-corrected chi connectivity index (χ4v) is 2.19. The van der Waals surface area contributed by atoms with Crippen LogP contribution < -0.4 is 0 Å². The number of aliphatic carboxylic acids is 1. The van der Waals surface area contributed by atoms with Crippen LogP contribution in [0.1, 0.15) is 5.56 Å². The van der Waals surface area contributed by atoms with Crippen molar-refractivity contribution in [3.8, 4) is 11.1 Å². The van der Waals surface area contributed by atoms with Gasteiger partial charge in [-0.05, 0) is 17.2 Å². The maximum absolute atomic E-state index is 10.8. The highest BCUT2D eigenvalue weighted by atomic mass is 16.4. The maximum atomic E-state index is 10.8. The number of hydrogen-bond donors (Lipinski definition) is 1. The van der Waals surface area contributed by atoms with Crippen LogP contribution in [-0.4, -0.2) is 11.1 Å². The van der Waals surface area contributed by atoms with E-state index in [2.05, 4.69) is 0 Å². The van der Waals surface area contributed by atoms with Gasteiger partial charge in [-0.3, -0.25) is 4.79 Å². The lowest BCUT2D eigenvalue weighted by molar-refractivity contribution is -0.136. The number of hydrogen-bond acceptors (Lipinski definition) is 2. The topological polar surface area (TPSA) is 50.4 Å². The van der Waals surface area contributed by atoms with Crippen LogP contribution in [0.4, 0.5) is 0 Å². The molecule has 0 saturated heterocycles. The Balaban J connectivity index is 2.06. The molecule has 0 saturated carbocycles. The summed E-state index contributed by atoms with van der Waals surface area (Å²) in [4.78, 5) is 10.8. The average Bonchev–Trinajstić information content (AvgIpc) is 2.81. The number of carbonyl (C=O) groups is 1. The minimum atomic E-state index is -0.852. The van der Waals surface area contributed by atoms with Crippen molar-refractivity contribution < 1.29 is 14.3 Å². The Bertz CT molecular complexity index is 726. The highest BCUT2D eigenvalue weighted by molar-refractivity contribution is 5.88. The summed E-state index contributed by atoms with van der Waals surface area (Å²) in [5, 5.41) is 9.70. The van der Waals surface area contributed by atoms with Gasteiger partial charge in [-0.15, -0.1) is 0 Å². The summed E-state index contributed by atoms with van der Waals surface area (Å²) in [7, 11) is 0. The van der Waals surface area contributed by atoms with Crippen LogP contribution >= 0.6 is 0 Å². The van der Waals surface area contributed by atoms with E-state index in [-0.39, 0.29) is 6.42 Å². The Morgan fingerprint density at radius 1 is 1.05 bits per heavy atom. The van der Waals surface area contributed by atoms with Crippen LogP contribution in [0.5, 0.6) is 0 Å². The van der Waals surface area contributed by atoms with E-state index in [1.54, 1.807) is 0 Å². The molecule has 0 aliphatic heterocycles. The van der Waals surface area contributed by atoms with Crippen molar-refractivity contribution in [2.45, 2.75) is 6.42 Å². The van der Waals surface area contributed by atoms with Gasteiger partial charge in [0.15, 0.2) is 0 Å². The molecular formula is C16H12O3. The van der Waals surface area contributed by atoms with Gasteiger partial charge in [0.05, 0.1) is 12.7 Å². The SMILES string of the molecule is O=C(O)Cc1coc2cc(-c3ccccc3)ccc12. The highest BCUT2D eigenvalue weighted by Crippen LogP contribution is 2.27. The molecule has 3 rings (SSSR count). The molecule has 0 unspecified atom stereocenters. The fraction of sp³-hybridized carbons (Fsp3) is 0.0625. The molecule has 1 aromatic heterocycles. The van der Waals surface area contributed by atoms with Gasteiger partial charge in [0, 0.05) is 10.9 Å². The molecule has 3 aromatic rings. The van der Waals surface area contributed by atoms with Crippen LogP contribution in [0.15, 0.2) is 59.2 Å². The number of fused-ring (bicyclic) bond motifs is 1. The Hall–Kier alpha value is -2.55. The number of carboxylic acid groups (broad SMARTS) is 1. The van der Waals surface area contributed by atoms with E-state index < -0.39 is 5.97 Å². The van der Waals surface area contributed by atoms with Gasteiger partial charge in [-0.25, -0.2) is 0 Å². The molecule has 0 fully saturated rings. The first-order valence-electron chi connectivity index (χ1n) is 6.01. The molecule has 0 amide bonds. The quantitative estimate of drug-likeness (QED) is 0.772. The summed E-state index contributed by atoms with van der Waals surface area (Å²) >= 11 is 0. The first-order valence-corrected chi connectivity index (χ1v) is 6.01. The van der Waals surface area contributed by atoms with Crippen molar-refractivity contribution in [1.29, 1.82) is 0 Å². The fourth-order valence-electron chi connectivity index (χ4n) is 2.19. The van der Waals surface area contributed by atoms with E-state index in [9.17, 15) is 4.79 Å². The number of carboxylic acids is 1. The van der Waals surface area contributed by atoms with E-state index in [1.807, 2.05) is 48.5 Å². The molecule has 0 atom stereocenters. The molecule has 0 spiro atoms. The molecule has 19 heavy (non-hydrogen) atoms. The zero-order valence-corrected chi connectivity index (χ0v) is 10.2. The van der Waals surface area contributed by atoms with Crippen LogP contribution in [0.2, 0.25) is 0 Å². The lowest BCUT2D eigenvalue weighted by Crippen LogP contribution is -1.98. The van der Waals surface area contributed by atoms with E-state index in [0.717, 1.165) is 22.1 Å². The van der Waals surface area contributed by atoms with Crippen molar-refractivity contribution in [3.05, 3.63) is 60.4 Å². The lowest BCUT2D eigenvalue weighted by atomic mass is 10.0. The summed E-state index contributed by atoms with van der Waals surface area (Å²) < 4.78 is 5.45. The Morgan fingerprint density at radius 3 is 2.58 bits per heavy atom. The number of furan rings is 1.